The third-order valence-electron chi connectivity index (χ3n) is 0.836. The van der Waals surface area contributed by atoms with Crippen LogP contribution >= 0.6 is 0 Å². The van der Waals surface area contributed by atoms with Gasteiger partial charge in [0.2, 0.25) is 0 Å². The molecule has 0 fully saturated rings. The van der Waals surface area contributed by atoms with Crippen LogP contribution in [0.3, 0.4) is 0 Å². The normalized spacial score (nSPS) is 8.33. The molecule has 0 aliphatic heterocycles. The summed E-state index contributed by atoms with van der Waals surface area (Å²) in [7, 11) is 0. The SMILES string of the molecule is C#CNCc1cn[nH]n1. The molecule has 0 spiro atoms. The van der Waals surface area contributed by atoms with Gasteiger partial charge in [0.05, 0.1) is 12.7 Å². The Hall–Kier alpha value is -1.50. The largest absolute Gasteiger partial charge is 0.340 e. The summed E-state index contributed by atoms with van der Waals surface area (Å²) in [4.78, 5) is 0. The van der Waals surface area contributed by atoms with E-state index >= 15 is 0 Å². The Morgan fingerprint density at radius 3 is 3.33 bits per heavy atom. The highest BCUT2D eigenvalue weighted by molar-refractivity contribution is 4.93. The van der Waals surface area contributed by atoms with E-state index in [0.29, 0.717) is 6.54 Å². The molecule has 0 atom stereocenters. The van der Waals surface area contributed by atoms with Gasteiger partial charge in [0.1, 0.15) is 5.69 Å². The molecule has 1 aromatic rings. The lowest BCUT2D eigenvalue weighted by atomic mass is 10.5. The predicted octanol–water partition coefficient (Wildman–Crippen LogP) is -0.515. The molecule has 0 unspecified atom stereocenters. The summed E-state index contributed by atoms with van der Waals surface area (Å²) in [5, 5.41) is 12.5. The van der Waals surface area contributed by atoms with Crippen molar-refractivity contribution in [2.45, 2.75) is 6.54 Å². The molecule has 1 rings (SSSR count). The molecule has 0 bridgehead atoms. The Balaban J connectivity index is 2.41. The molecular formula is C5H6N4. The molecule has 4 heteroatoms. The van der Waals surface area contributed by atoms with Crippen LogP contribution in [0.1, 0.15) is 5.69 Å². The summed E-state index contributed by atoms with van der Waals surface area (Å²) in [6, 6.07) is 2.27. The van der Waals surface area contributed by atoms with Crippen molar-refractivity contribution in [3.63, 3.8) is 0 Å². The molecule has 1 heterocycles. The van der Waals surface area contributed by atoms with Crippen LogP contribution in [0.25, 0.3) is 0 Å². The van der Waals surface area contributed by atoms with E-state index in [1.165, 1.54) is 0 Å². The van der Waals surface area contributed by atoms with Crippen LogP contribution in [-0.2, 0) is 6.54 Å². The number of hydrogen-bond acceptors (Lipinski definition) is 3. The van der Waals surface area contributed by atoms with Crippen molar-refractivity contribution < 1.29 is 0 Å². The maximum absolute atomic E-state index is 4.93. The second kappa shape index (κ2) is 2.72. The van der Waals surface area contributed by atoms with Crippen molar-refractivity contribution in [3.05, 3.63) is 11.9 Å². The smallest absolute Gasteiger partial charge is 0.102 e. The lowest BCUT2D eigenvalue weighted by Gasteiger charge is -1.88. The van der Waals surface area contributed by atoms with E-state index < -0.39 is 0 Å². The fourth-order valence-corrected chi connectivity index (χ4v) is 0.452. The van der Waals surface area contributed by atoms with E-state index in [-0.39, 0.29) is 0 Å². The Morgan fingerprint density at radius 1 is 1.89 bits per heavy atom. The van der Waals surface area contributed by atoms with Crippen LogP contribution in [0.5, 0.6) is 0 Å². The van der Waals surface area contributed by atoms with Crippen LogP contribution in [0.15, 0.2) is 6.20 Å². The van der Waals surface area contributed by atoms with Crippen molar-refractivity contribution in [1.29, 1.82) is 0 Å². The quantitative estimate of drug-likeness (QED) is 0.410. The summed E-state index contributed by atoms with van der Waals surface area (Å²) in [5.41, 5.74) is 0.813. The van der Waals surface area contributed by atoms with E-state index in [2.05, 4.69) is 26.8 Å². The van der Waals surface area contributed by atoms with Crippen LogP contribution in [-0.4, -0.2) is 15.4 Å². The first-order valence-corrected chi connectivity index (χ1v) is 2.46. The van der Waals surface area contributed by atoms with Crippen LogP contribution < -0.4 is 5.32 Å². The molecule has 1 aromatic heterocycles. The lowest BCUT2D eigenvalue weighted by Crippen LogP contribution is -2.04. The number of hydrogen-bond donors (Lipinski definition) is 2. The number of aromatic amines is 1. The molecule has 0 saturated carbocycles. The van der Waals surface area contributed by atoms with Gasteiger partial charge in [-0.25, -0.2) is 0 Å². The van der Waals surface area contributed by atoms with E-state index in [9.17, 15) is 0 Å². The Morgan fingerprint density at radius 2 is 2.78 bits per heavy atom. The van der Waals surface area contributed by atoms with Gasteiger partial charge in [0.25, 0.3) is 0 Å². The van der Waals surface area contributed by atoms with Gasteiger partial charge in [0, 0.05) is 6.04 Å². The molecule has 4 nitrogen and oxygen atoms in total. The van der Waals surface area contributed by atoms with Gasteiger partial charge in [-0.3, -0.25) is 0 Å². The molecule has 0 aliphatic rings. The zero-order valence-electron chi connectivity index (χ0n) is 4.76. The summed E-state index contributed by atoms with van der Waals surface area (Å²) >= 11 is 0. The van der Waals surface area contributed by atoms with Crippen molar-refractivity contribution in [1.82, 2.24) is 20.7 Å². The monoisotopic (exact) mass is 122 g/mol. The molecular weight excluding hydrogens is 116 g/mol. The zero-order chi connectivity index (χ0) is 6.53. The fraction of sp³-hybridized carbons (Fsp3) is 0.200. The van der Waals surface area contributed by atoms with Crippen molar-refractivity contribution >= 4 is 0 Å². The van der Waals surface area contributed by atoms with Gasteiger partial charge in [-0.2, -0.15) is 15.4 Å². The van der Waals surface area contributed by atoms with Gasteiger partial charge in [-0.15, -0.1) is 0 Å². The molecule has 2 N–H and O–H groups in total. The van der Waals surface area contributed by atoms with Gasteiger partial charge >= 0.3 is 0 Å². The second-order valence-corrected chi connectivity index (χ2v) is 1.46. The Labute approximate surface area is 52.7 Å². The first-order chi connectivity index (χ1) is 4.43. The van der Waals surface area contributed by atoms with Crippen molar-refractivity contribution in [3.8, 4) is 12.5 Å². The minimum Gasteiger partial charge on any atom is -0.340 e. The molecule has 0 radical (unpaired) electrons. The van der Waals surface area contributed by atoms with E-state index in [0.717, 1.165) is 5.69 Å². The maximum atomic E-state index is 4.93. The average Bonchev–Trinajstić information content (AvgIpc) is 2.34. The van der Waals surface area contributed by atoms with Gasteiger partial charge < -0.3 is 5.32 Å². The van der Waals surface area contributed by atoms with Crippen LogP contribution in [0.2, 0.25) is 0 Å². The number of H-pyrrole nitrogens is 1. The summed E-state index contributed by atoms with van der Waals surface area (Å²) in [5.74, 6) is 0. The third kappa shape index (κ3) is 1.46. The predicted molar refractivity (Wildman–Crippen MR) is 32.1 cm³/mol. The van der Waals surface area contributed by atoms with Crippen molar-refractivity contribution in [2.75, 3.05) is 0 Å². The summed E-state index contributed by atoms with van der Waals surface area (Å²) in [6.07, 6.45) is 6.54. The minimum atomic E-state index is 0.562. The summed E-state index contributed by atoms with van der Waals surface area (Å²) in [6.45, 7) is 0.562. The minimum absolute atomic E-state index is 0.562. The first kappa shape index (κ1) is 5.63. The van der Waals surface area contributed by atoms with E-state index in [4.69, 9.17) is 6.42 Å². The summed E-state index contributed by atoms with van der Waals surface area (Å²) < 4.78 is 0. The standard InChI is InChI=1S/C5H6N4/c1-2-6-3-5-4-7-9-8-5/h1,4,6H,3H2,(H,7,8,9). The number of rotatable bonds is 2. The molecule has 0 saturated heterocycles. The van der Waals surface area contributed by atoms with E-state index in [1.54, 1.807) is 6.20 Å². The number of nitrogens with one attached hydrogen (secondary N) is 2. The zero-order valence-corrected chi connectivity index (χ0v) is 4.76. The maximum Gasteiger partial charge on any atom is 0.102 e. The van der Waals surface area contributed by atoms with Crippen molar-refractivity contribution in [2.24, 2.45) is 0 Å². The van der Waals surface area contributed by atoms with Gasteiger partial charge in [-0.05, 0) is 0 Å². The number of nitrogens with zero attached hydrogens (tertiary/aromatic N) is 2. The highest BCUT2D eigenvalue weighted by Gasteiger charge is 1.89. The second-order valence-electron chi connectivity index (χ2n) is 1.46. The third-order valence-corrected chi connectivity index (χ3v) is 0.836. The van der Waals surface area contributed by atoms with Crippen LogP contribution in [0, 0.1) is 12.5 Å². The first-order valence-electron chi connectivity index (χ1n) is 2.46. The topological polar surface area (TPSA) is 53.6 Å². The van der Waals surface area contributed by atoms with Gasteiger partial charge in [0.15, 0.2) is 0 Å². The molecule has 0 aliphatic carbocycles. The highest BCUT2D eigenvalue weighted by atomic mass is 15.3. The van der Waals surface area contributed by atoms with E-state index in [1.807, 2.05) is 0 Å². The highest BCUT2D eigenvalue weighted by Crippen LogP contribution is 1.84. The Kier molecular flexibility index (Phi) is 1.70. The molecule has 0 amide bonds. The fourth-order valence-electron chi connectivity index (χ4n) is 0.452. The lowest BCUT2D eigenvalue weighted by molar-refractivity contribution is 0.837. The molecule has 9 heavy (non-hydrogen) atoms. The Bertz CT molecular complexity index is 195. The molecule has 0 aromatic carbocycles. The number of aromatic nitrogens is 3. The number of terminal acetylenes is 1. The average molecular weight is 122 g/mol. The van der Waals surface area contributed by atoms with Gasteiger partial charge in [-0.1, -0.05) is 6.42 Å². The van der Waals surface area contributed by atoms with Crippen LogP contribution in [0.4, 0.5) is 0 Å². The molecule has 46 valence electrons.